The summed E-state index contributed by atoms with van der Waals surface area (Å²) >= 11 is 0. The molecule has 5 nitrogen and oxygen atoms in total. The van der Waals surface area contributed by atoms with Gasteiger partial charge in [0.25, 0.3) is 0 Å². The van der Waals surface area contributed by atoms with Gasteiger partial charge in [0.2, 0.25) is 10.0 Å². The number of nitrogen functional groups attached to an aromatic ring is 1. The highest BCUT2D eigenvalue weighted by Crippen LogP contribution is 2.18. The van der Waals surface area contributed by atoms with E-state index < -0.39 is 21.9 Å². The molecule has 0 aliphatic rings. The van der Waals surface area contributed by atoms with Crippen molar-refractivity contribution in [3.63, 3.8) is 0 Å². The lowest BCUT2D eigenvalue weighted by atomic mass is 10.1. The molecule has 1 unspecified atom stereocenters. The van der Waals surface area contributed by atoms with Gasteiger partial charge in [-0.3, -0.25) is 0 Å². The molecule has 0 saturated heterocycles. The molecule has 0 bridgehead atoms. The lowest BCUT2D eigenvalue weighted by Gasteiger charge is -2.14. The first-order valence-electron chi connectivity index (χ1n) is 5.88. The molecule has 20 heavy (non-hydrogen) atoms. The Morgan fingerprint density at radius 2 is 2.05 bits per heavy atom. The summed E-state index contributed by atoms with van der Waals surface area (Å²) in [5, 5.41) is 0. The number of halogens is 1. The number of sulfonamides is 1. The van der Waals surface area contributed by atoms with E-state index in [1.165, 1.54) is 36.5 Å². The molecule has 0 radical (unpaired) electrons. The first-order chi connectivity index (χ1) is 9.38. The summed E-state index contributed by atoms with van der Waals surface area (Å²) < 4.78 is 39.9. The average Bonchev–Trinajstić information content (AvgIpc) is 2.38. The lowest BCUT2D eigenvalue weighted by molar-refractivity contribution is 0.564. The number of benzene rings is 1. The van der Waals surface area contributed by atoms with E-state index >= 15 is 0 Å². The SMILES string of the molecule is CC(NS(=O)(=O)c1ccnc(N)c1)c1cccc(F)c1. The molecule has 1 aromatic heterocycles. The van der Waals surface area contributed by atoms with Gasteiger partial charge in [-0.1, -0.05) is 12.1 Å². The fraction of sp³-hybridized carbons (Fsp3) is 0.154. The maximum Gasteiger partial charge on any atom is 0.241 e. The first kappa shape index (κ1) is 14.4. The van der Waals surface area contributed by atoms with E-state index in [-0.39, 0.29) is 10.7 Å². The fourth-order valence-electron chi connectivity index (χ4n) is 1.74. The third kappa shape index (κ3) is 3.31. The Bertz CT molecular complexity index is 719. The second kappa shape index (κ2) is 5.56. The van der Waals surface area contributed by atoms with Crippen molar-refractivity contribution < 1.29 is 12.8 Å². The average molecular weight is 295 g/mol. The summed E-state index contributed by atoms with van der Waals surface area (Å²) in [6.45, 7) is 1.64. The van der Waals surface area contributed by atoms with Gasteiger partial charge < -0.3 is 5.73 Å². The second-order valence-corrected chi connectivity index (χ2v) is 6.03. The van der Waals surface area contributed by atoms with Crippen LogP contribution in [-0.2, 0) is 10.0 Å². The van der Waals surface area contributed by atoms with Crippen LogP contribution in [0.25, 0.3) is 0 Å². The molecular weight excluding hydrogens is 281 g/mol. The van der Waals surface area contributed by atoms with Crippen LogP contribution in [0.15, 0.2) is 47.5 Å². The maximum absolute atomic E-state index is 13.1. The fourth-order valence-corrected chi connectivity index (χ4v) is 2.99. The minimum absolute atomic E-state index is 0.0215. The van der Waals surface area contributed by atoms with Crippen LogP contribution in [0.4, 0.5) is 10.2 Å². The van der Waals surface area contributed by atoms with E-state index in [0.717, 1.165) is 0 Å². The highest BCUT2D eigenvalue weighted by molar-refractivity contribution is 7.89. The molecule has 7 heteroatoms. The molecule has 106 valence electrons. The van der Waals surface area contributed by atoms with Crippen molar-refractivity contribution in [1.82, 2.24) is 9.71 Å². The Hall–Kier alpha value is -1.99. The van der Waals surface area contributed by atoms with Crippen LogP contribution in [0.5, 0.6) is 0 Å². The Morgan fingerprint density at radius 1 is 1.30 bits per heavy atom. The number of nitrogens with two attached hydrogens (primary N) is 1. The van der Waals surface area contributed by atoms with Gasteiger partial charge in [-0.15, -0.1) is 0 Å². The van der Waals surface area contributed by atoms with Crippen molar-refractivity contribution in [1.29, 1.82) is 0 Å². The van der Waals surface area contributed by atoms with Gasteiger partial charge in [0.05, 0.1) is 4.90 Å². The Balaban J connectivity index is 2.24. The number of nitrogens with zero attached hydrogens (tertiary/aromatic N) is 1. The van der Waals surface area contributed by atoms with Crippen LogP contribution in [0.2, 0.25) is 0 Å². The largest absolute Gasteiger partial charge is 0.384 e. The normalized spacial score (nSPS) is 13.1. The molecule has 0 fully saturated rings. The summed E-state index contributed by atoms with van der Waals surface area (Å²) in [6.07, 6.45) is 1.32. The summed E-state index contributed by atoms with van der Waals surface area (Å²) in [6, 6.07) is 7.81. The number of pyridine rings is 1. The van der Waals surface area contributed by atoms with Gasteiger partial charge in [-0.2, -0.15) is 0 Å². The molecule has 0 aliphatic carbocycles. The van der Waals surface area contributed by atoms with Crippen LogP contribution in [0, 0.1) is 5.82 Å². The number of nitrogens with one attached hydrogen (secondary N) is 1. The quantitative estimate of drug-likeness (QED) is 0.901. The van der Waals surface area contributed by atoms with Crippen molar-refractivity contribution >= 4 is 15.8 Å². The maximum atomic E-state index is 13.1. The van der Waals surface area contributed by atoms with Gasteiger partial charge in [0.1, 0.15) is 11.6 Å². The third-order valence-electron chi connectivity index (χ3n) is 2.74. The van der Waals surface area contributed by atoms with Crippen LogP contribution < -0.4 is 10.5 Å². The molecule has 3 N–H and O–H groups in total. The van der Waals surface area contributed by atoms with Gasteiger partial charge in [0.15, 0.2) is 0 Å². The minimum atomic E-state index is -3.74. The molecule has 2 aromatic rings. The number of hydrogen-bond acceptors (Lipinski definition) is 4. The van der Waals surface area contributed by atoms with Crippen molar-refractivity contribution in [2.45, 2.75) is 17.9 Å². The zero-order valence-electron chi connectivity index (χ0n) is 10.7. The topological polar surface area (TPSA) is 85.1 Å². The minimum Gasteiger partial charge on any atom is -0.384 e. The van der Waals surface area contributed by atoms with Gasteiger partial charge in [-0.05, 0) is 30.7 Å². The zero-order chi connectivity index (χ0) is 14.8. The molecular formula is C13H14FN3O2S. The van der Waals surface area contributed by atoms with E-state index in [1.807, 2.05) is 0 Å². The van der Waals surface area contributed by atoms with Crippen molar-refractivity contribution in [2.75, 3.05) is 5.73 Å². The van der Waals surface area contributed by atoms with Crippen LogP contribution in [0.1, 0.15) is 18.5 Å². The van der Waals surface area contributed by atoms with Gasteiger partial charge in [-0.25, -0.2) is 22.5 Å². The number of aromatic nitrogens is 1. The number of hydrogen-bond donors (Lipinski definition) is 2. The van der Waals surface area contributed by atoms with E-state index in [0.29, 0.717) is 5.56 Å². The molecule has 0 aliphatic heterocycles. The van der Waals surface area contributed by atoms with Crippen molar-refractivity contribution in [3.05, 3.63) is 54.0 Å². The monoisotopic (exact) mass is 295 g/mol. The lowest BCUT2D eigenvalue weighted by Crippen LogP contribution is -2.27. The van der Waals surface area contributed by atoms with E-state index in [1.54, 1.807) is 13.0 Å². The molecule has 1 heterocycles. The molecule has 2 rings (SSSR count). The predicted octanol–water partition coefficient (Wildman–Crippen LogP) is 1.84. The van der Waals surface area contributed by atoms with Crippen LogP contribution >= 0.6 is 0 Å². The smallest absolute Gasteiger partial charge is 0.241 e. The summed E-state index contributed by atoms with van der Waals surface area (Å²) in [5.41, 5.74) is 6.00. The molecule has 0 saturated carbocycles. The van der Waals surface area contributed by atoms with E-state index in [9.17, 15) is 12.8 Å². The highest BCUT2D eigenvalue weighted by Gasteiger charge is 2.19. The van der Waals surface area contributed by atoms with Crippen LogP contribution in [-0.4, -0.2) is 13.4 Å². The number of rotatable bonds is 4. The molecule has 0 spiro atoms. The number of anilines is 1. The standard InChI is InChI=1S/C13H14FN3O2S/c1-9(10-3-2-4-11(14)7-10)17-20(18,19)12-5-6-16-13(15)8-12/h2-9,17H,1H3,(H2,15,16). The second-order valence-electron chi connectivity index (χ2n) is 4.31. The summed E-state index contributed by atoms with van der Waals surface area (Å²) in [4.78, 5) is 3.76. The Kier molecular flexibility index (Phi) is 4.01. The van der Waals surface area contributed by atoms with E-state index in [4.69, 9.17) is 5.73 Å². The predicted molar refractivity (Wildman–Crippen MR) is 73.8 cm³/mol. The van der Waals surface area contributed by atoms with Crippen LogP contribution in [0.3, 0.4) is 0 Å². The summed E-state index contributed by atoms with van der Waals surface area (Å²) in [5.74, 6) is -0.298. The molecule has 1 atom stereocenters. The van der Waals surface area contributed by atoms with Crippen molar-refractivity contribution in [3.8, 4) is 0 Å². The first-order valence-corrected chi connectivity index (χ1v) is 7.36. The van der Waals surface area contributed by atoms with Gasteiger partial charge >= 0.3 is 0 Å². The molecule has 1 aromatic carbocycles. The Labute approximate surface area is 116 Å². The van der Waals surface area contributed by atoms with Crippen molar-refractivity contribution in [2.24, 2.45) is 0 Å². The van der Waals surface area contributed by atoms with Gasteiger partial charge in [0, 0.05) is 18.3 Å². The molecule has 0 amide bonds. The zero-order valence-corrected chi connectivity index (χ0v) is 11.6. The Morgan fingerprint density at radius 3 is 2.70 bits per heavy atom. The third-order valence-corrected chi connectivity index (χ3v) is 4.28. The van der Waals surface area contributed by atoms with E-state index in [2.05, 4.69) is 9.71 Å². The summed E-state index contributed by atoms with van der Waals surface area (Å²) in [7, 11) is -3.74. The highest BCUT2D eigenvalue weighted by atomic mass is 32.2.